The van der Waals surface area contributed by atoms with Crippen LogP contribution in [0.15, 0.2) is 48.7 Å². The van der Waals surface area contributed by atoms with Crippen LogP contribution >= 0.6 is 0 Å². The first-order valence-corrected chi connectivity index (χ1v) is 6.45. The van der Waals surface area contributed by atoms with Gasteiger partial charge in [-0.15, -0.1) is 0 Å². The number of ether oxygens (including phenoxy) is 1. The maximum Gasteiger partial charge on any atom is 0.412 e. The molecule has 0 aliphatic heterocycles. The van der Waals surface area contributed by atoms with Gasteiger partial charge in [0.2, 0.25) is 0 Å². The lowest BCUT2D eigenvalue weighted by molar-refractivity contribution is 0.0636. The predicted molar refractivity (Wildman–Crippen MR) is 79.5 cm³/mol. The molecule has 0 bridgehead atoms. The highest BCUT2D eigenvalue weighted by atomic mass is 16.6. The average molecular weight is 270 g/mol. The van der Waals surface area contributed by atoms with Crippen LogP contribution in [0, 0.1) is 0 Å². The van der Waals surface area contributed by atoms with Crippen LogP contribution in [-0.4, -0.2) is 16.7 Å². The molecule has 0 aliphatic carbocycles. The molecule has 1 aromatic heterocycles. The molecule has 0 radical (unpaired) electrons. The maximum absolute atomic E-state index is 11.6. The van der Waals surface area contributed by atoms with Gasteiger partial charge in [0, 0.05) is 17.4 Å². The van der Waals surface area contributed by atoms with Crippen molar-refractivity contribution in [2.75, 3.05) is 5.32 Å². The fourth-order valence-electron chi connectivity index (χ4n) is 1.68. The van der Waals surface area contributed by atoms with E-state index in [0.29, 0.717) is 5.69 Å². The van der Waals surface area contributed by atoms with Gasteiger partial charge < -0.3 is 4.74 Å². The number of carbonyl (C=O) groups excluding carboxylic acids is 1. The van der Waals surface area contributed by atoms with E-state index in [9.17, 15) is 4.79 Å². The molecule has 4 heteroatoms. The van der Waals surface area contributed by atoms with Crippen LogP contribution in [0.2, 0.25) is 0 Å². The molecule has 1 amide bonds. The third kappa shape index (κ3) is 4.09. The second kappa shape index (κ2) is 5.74. The molecule has 0 fully saturated rings. The molecular formula is C16H18N2O2. The molecule has 0 saturated carbocycles. The minimum atomic E-state index is -0.502. The lowest BCUT2D eigenvalue weighted by Crippen LogP contribution is -2.27. The number of carbonyl (C=O) groups is 1. The Bertz CT molecular complexity index is 572. The molecule has 2 rings (SSSR count). The molecule has 0 aliphatic rings. The number of hydrogen-bond acceptors (Lipinski definition) is 3. The van der Waals surface area contributed by atoms with Crippen LogP contribution in [-0.2, 0) is 4.74 Å². The van der Waals surface area contributed by atoms with Crippen molar-refractivity contribution in [1.29, 1.82) is 0 Å². The van der Waals surface area contributed by atoms with E-state index in [4.69, 9.17) is 4.74 Å². The van der Waals surface area contributed by atoms with Crippen molar-refractivity contribution in [2.45, 2.75) is 26.4 Å². The largest absolute Gasteiger partial charge is 0.444 e. The molecule has 0 saturated heterocycles. The molecule has 104 valence electrons. The Hall–Kier alpha value is -2.36. The monoisotopic (exact) mass is 270 g/mol. The van der Waals surface area contributed by atoms with E-state index in [1.807, 2.05) is 63.2 Å². The Morgan fingerprint density at radius 1 is 1.10 bits per heavy atom. The Morgan fingerprint density at radius 3 is 2.35 bits per heavy atom. The van der Waals surface area contributed by atoms with Crippen LogP contribution in [0.4, 0.5) is 10.5 Å². The summed E-state index contributed by atoms with van der Waals surface area (Å²) in [5.41, 5.74) is 2.09. The van der Waals surface area contributed by atoms with Crippen LogP contribution in [0.1, 0.15) is 20.8 Å². The summed E-state index contributed by atoms with van der Waals surface area (Å²) in [5, 5.41) is 2.70. The van der Waals surface area contributed by atoms with E-state index in [-0.39, 0.29) is 0 Å². The number of anilines is 1. The summed E-state index contributed by atoms with van der Waals surface area (Å²) >= 11 is 0. The van der Waals surface area contributed by atoms with Crippen molar-refractivity contribution in [2.24, 2.45) is 0 Å². The van der Waals surface area contributed by atoms with Crippen LogP contribution in [0.3, 0.4) is 0 Å². The topological polar surface area (TPSA) is 51.2 Å². The highest BCUT2D eigenvalue weighted by Crippen LogP contribution is 2.19. The highest BCUT2D eigenvalue weighted by molar-refractivity contribution is 5.85. The van der Waals surface area contributed by atoms with Crippen molar-refractivity contribution >= 4 is 11.8 Å². The average Bonchev–Trinajstić information content (AvgIpc) is 2.38. The number of nitrogens with one attached hydrogen (secondary N) is 1. The number of nitrogens with zero attached hydrogens (tertiary/aromatic N) is 1. The Balaban J connectivity index is 2.04. The molecular weight excluding hydrogens is 252 g/mol. The first kappa shape index (κ1) is 14.1. The first-order chi connectivity index (χ1) is 9.44. The Morgan fingerprint density at radius 2 is 1.80 bits per heavy atom. The van der Waals surface area contributed by atoms with Crippen LogP contribution < -0.4 is 5.32 Å². The molecule has 4 nitrogen and oxygen atoms in total. The second-order valence-corrected chi connectivity index (χ2v) is 5.42. The summed E-state index contributed by atoms with van der Waals surface area (Å²) in [6, 6.07) is 13.2. The summed E-state index contributed by atoms with van der Waals surface area (Å²) in [7, 11) is 0. The van der Waals surface area contributed by atoms with Gasteiger partial charge in [-0.3, -0.25) is 10.3 Å². The molecule has 0 atom stereocenters. The molecule has 0 unspecified atom stereocenters. The zero-order valence-electron chi connectivity index (χ0n) is 11.9. The minimum Gasteiger partial charge on any atom is -0.444 e. The fraction of sp³-hybridized carbons (Fsp3) is 0.250. The van der Waals surface area contributed by atoms with Crippen molar-refractivity contribution in [3.63, 3.8) is 0 Å². The molecule has 1 aromatic carbocycles. The number of amides is 1. The number of hydrogen-bond donors (Lipinski definition) is 1. The van der Waals surface area contributed by atoms with Crippen molar-refractivity contribution in [3.05, 3.63) is 48.7 Å². The van der Waals surface area contributed by atoms with Gasteiger partial charge >= 0.3 is 6.09 Å². The van der Waals surface area contributed by atoms with Gasteiger partial charge in [0.1, 0.15) is 5.60 Å². The maximum atomic E-state index is 11.6. The molecule has 1 N–H and O–H groups in total. The number of benzene rings is 1. The minimum absolute atomic E-state index is 0.455. The first-order valence-electron chi connectivity index (χ1n) is 6.45. The van der Waals surface area contributed by atoms with Crippen LogP contribution in [0.25, 0.3) is 11.3 Å². The lowest BCUT2D eigenvalue weighted by Gasteiger charge is -2.19. The number of aromatic nitrogens is 1. The zero-order chi connectivity index (χ0) is 14.6. The lowest BCUT2D eigenvalue weighted by atomic mass is 10.1. The SMILES string of the molecule is CC(C)(C)OC(=O)Nc1ccc(-c2ccccn2)cc1. The highest BCUT2D eigenvalue weighted by Gasteiger charge is 2.16. The summed E-state index contributed by atoms with van der Waals surface area (Å²) in [4.78, 5) is 15.9. The quantitative estimate of drug-likeness (QED) is 0.894. The summed E-state index contributed by atoms with van der Waals surface area (Å²) in [6.07, 6.45) is 1.30. The molecule has 20 heavy (non-hydrogen) atoms. The van der Waals surface area contributed by atoms with Gasteiger partial charge in [-0.05, 0) is 45.0 Å². The van der Waals surface area contributed by atoms with Gasteiger partial charge in [0.05, 0.1) is 5.69 Å². The second-order valence-electron chi connectivity index (χ2n) is 5.42. The number of pyridine rings is 1. The third-order valence-electron chi connectivity index (χ3n) is 2.49. The molecule has 0 spiro atoms. The summed E-state index contributed by atoms with van der Waals surface area (Å²) in [6.45, 7) is 5.49. The predicted octanol–water partition coefficient (Wildman–Crippen LogP) is 4.10. The van der Waals surface area contributed by atoms with E-state index in [1.54, 1.807) is 6.20 Å². The van der Waals surface area contributed by atoms with E-state index >= 15 is 0 Å². The van der Waals surface area contributed by atoms with E-state index in [0.717, 1.165) is 11.3 Å². The third-order valence-corrected chi connectivity index (χ3v) is 2.49. The fourth-order valence-corrected chi connectivity index (χ4v) is 1.68. The molecule has 2 aromatic rings. The van der Waals surface area contributed by atoms with Crippen molar-refractivity contribution in [3.8, 4) is 11.3 Å². The normalized spacial score (nSPS) is 10.9. The van der Waals surface area contributed by atoms with Gasteiger partial charge in [0.25, 0.3) is 0 Å². The summed E-state index contributed by atoms with van der Waals surface area (Å²) < 4.78 is 5.19. The standard InChI is InChI=1S/C16H18N2O2/c1-16(2,3)20-15(19)18-13-9-7-12(8-10-13)14-6-4-5-11-17-14/h4-11H,1-3H3,(H,18,19). The van der Waals surface area contributed by atoms with E-state index < -0.39 is 11.7 Å². The van der Waals surface area contributed by atoms with E-state index in [2.05, 4.69) is 10.3 Å². The van der Waals surface area contributed by atoms with Gasteiger partial charge in [-0.25, -0.2) is 4.79 Å². The van der Waals surface area contributed by atoms with Gasteiger partial charge in [0.15, 0.2) is 0 Å². The smallest absolute Gasteiger partial charge is 0.412 e. The van der Waals surface area contributed by atoms with Crippen molar-refractivity contribution in [1.82, 2.24) is 4.98 Å². The van der Waals surface area contributed by atoms with Gasteiger partial charge in [-0.1, -0.05) is 18.2 Å². The van der Waals surface area contributed by atoms with Crippen LogP contribution in [0.5, 0.6) is 0 Å². The van der Waals surface area contributed by atoms with E-state index in [1.165, 1.54) is 0 Å². The summed E-state index contributed by atoms with van der Waals surface area (Å²) in [5.74, 6) is 0. The zero-order valence-corrected chi connectivity index (χ0v) is 11.9. The number of rotatable bonds is 2. The van der Waals surface area contributed by atoms with Gasteiger partial charge in [-0.2, -0.15) is 0 Å². The molecule has 1 heterocycles. The Labute approximate surface area is 118 Å². The Kier molecular flexibility index (Phi) is 4.03. The van der Waals surface area contributed by atoms with Crippen molar-refractivity contribution < 1.29 is 9.53 Å².